The number of piperazine rings is 1. The lowest BCUT2D eigenvalue weighted by Gasteiger charge is -2.34. The standard InChI is InChI=1S/C17H16F3N3O5S/c18-17(19,20)28-13-2-4-14(5-3-13)29(26,27)23-9-7-22(8-10-23)16(25)12-1-6-15(24)21-11-12/h1-6,11H,7-10H2,(H,21,24). The van der Waals surface area contributed by atoms with E-state index in [0.717, 1.165) is 28.6 Å². The van der Waals surface area contributed by atoms with Crippen molar-refractivity contribution in [2.45, 2.75) is 11.3 Å². The van der Waals surface area contributed by atoms with Gasteiger partial charge in [-0.25, -0.2) is 8.42 Å². The van der Waals surface area contributed by atoms with Crippen LogP contribution in [0.5, 0.6) is 5.75 Å². The van der Waals surface area contributed by atoms with Gasteiger partial charge in [0.15, 0.2) is 0 Å². The molecule has 29 heavy (non-hydrogen) atoms. The summed E-state index contributed by atoms with van der Waals surface area (Å²) in [6.45, 7) is 0.315. The SMILES string of the molecule is O=C(c1ccc(=O)[nH]c1)N1CCN(S(=O)(=O)c2ccc(OC(F)(F)F)cc2)CC1. The zero-order valence-electron chi connectivity index (χ0n) is 14.8. The van der Waals surface area contributed by atoms with Gasteiger partial charge in [-0.15, -0.1) is 13.2 Å². The van der Waals surface area contributed by atoms with Crippen molar-refractivity contribution in [1.82, 2.24) is 14.2 Å². The molecule has 1 aromatic carbocycles. The van der Waals surface area contributed by atoms with Crippen molar-refractivity contribution in [2.24, 2.45) is 0 Å². The first-order valence-electron chi connectivity index (χ1n) is 8.40. The van der Waals surface area contributed by atoms with Gasteiger partial charge in [0, 0.05) is 38.4 Å². The highest BCUT2D eigenvalue weighted by Gasteiger charge is 2.32. The Labute approximate surface area is 163 Å². The molecule has 1 fully saturated rings. The number of aromatic nitrogens is 1. The molecule has 1 amide bonds. The molecule has 2 aromatic rings. The number of hydrogen-bond acceptors (Lipinski definition) is 5. The fourth-order valence-corrected chi connectivity index (χ4v) is 4.24. The number of hydrogen-bond donors (Lipinski definition) is 1. The molecule has 1 aromatic heterocycles. The summed E-state index contributed by atoms with van der Waals surface area (Å²) in [4.78, 5) is 27.2. The second-order valence-electron chi connectivity index (χ2n) is 6.16. The van der Waals surface area contributed by atoms with E-state index in [-0.39, 0.29) is 48.1 Å². The van der Waals surface area contributed by atoms with Crippen molar-refractivity contribution in [3.8, 4) is 5.75 Å². The van der Waals surface area contributed by atoms with Crippen LogP contribution in [0, 0.1) is 0 Å². The Hall–Kier alpha value is -2.86. The van der Waals surface area contributed by atoms with Crippen molar-refractivity contribution in [2.75, 3.05) is 26.2 Å². The molecule has 0 spiro atoms. The number of carbonyl (C=O) groups excluding carboxylic acids is 1. The molecule has 0 radical (unpaired) electrons. The zero-order chi connectivity index (χ0) is 21.2. The third-order valence-electron chi connectivity index (χ3n) is 4.25. The predicted octanol–water partition coefficient (Wildman–Crippen LogP) is 1.42. The lowest BCUT2D eigenvalue weighted by atomic mass is 10.2. The molecule has 8 nitrogen and oxygen atoms in total. The minimum absolute atomic E-state index is 0.0260. The van der Waals surface area contributed by atoms with E-state index in [2.05, 4.69) is 9.72 Å². The number of nitrogens with one attached hydrogen (secondary N) is 1. The molecule has 0 aliphatic carbocycles. The molecule has 1 aliphatic rings. The highest BCUT2D eigenvalue weighted by molar-refractivity contribution is 7.89. The van der Waals surface area contributed by atoms with Crippen LogP contribution in [0.25, 0.3) is 0 Å². The Bertz CT molecular complexity index is 1020. The summed E-state index contributed by atoms with van der Waals surface area (Å²) < 4.78 is 66.9. The van der Waals surface area contributed by atoms with E-state index in [0.29, 0.717) is 0 Å². The van der Waals surface area contributed by atoms with Crippen LogP contribution >= 0.6 is 0 Å². The number of halogens is 3. The molecule has 0 atom stereocenters. The summed E-state index contributed by atoms with van der Waals surface area (Å²) in [6.07, 6.45) is -3.58. The fourth-order valence-electron chi connectivity index (χ4n) is 2.82. The fraction of sp³-hybridized carbons (Fsp3) is 0.294. The van der Waals surface area contributed by atoms with E-state index in [1.807, 2.05) is 0 Å². The number of pyridine rings is 1. The summed E-state index contributed by atoms with van der Waals surface area (Å²) in [5.41, 5.74) is -0.0646. The molecule has 0 saturated carbocycles. The van der Waals surface area contributed by atoms with Gasteiger partial charge in [-0.2, -0.15) is 4.31 Å². The number of H-pyrrole nitrogens is 1. The lowest BCUT2D eigenvalue weighted by Crippen LogP contribution is -2.50. The van der Waals surface area contributed by atoms with E-state index in [4.69, 9.17) is 0 Å². The number of nitrogens with zero attached hydrogens (tertiary/aromatic N) is 2. The quantitative estimate of drug-likeness (QED) is 0.790. The van der Waals surface area contributed by atoms with Crippen molar-refractivity contribution in [1.29, 1.82) is 0 Å². The highest BCUT2D eigenvalue weighted by Crippen LogP contribution is 2.25. The van der Waals surface area contributed by atoms with Crippen LogP contribution in [0.15, 0.2) is 52.3 Å². The summed E-state index contributed by atoms with van der Waals surface area (Å²) in [6, 6.07) is 6.53. The molecule has 0 bridgehead atoms. The number of benzene rings is 1. The smallest absolute Gasteiger partial charge is 0.406 e. The highest BCUT2D eigenvalue weighted by atomic mass is 32.2. The Balaban J connectivity index is 1.65. The number of sulfonamides is 1. The molecule has 12 heteroatoms. The van der Waals surface area contributed by atoms with Crippen LogP contribution in [0.3, 0.4) is 0 Å². The van der Waals surface area contributed by atoms with Gasteiger partial charge in [0.2, 0.25) is 15.6 Å². The van der Waals surface area contributed by atoms with Gasteiger partial charge in [0.1, 0.15) is 5.75 Å². The molecule has 0 unspecified atom stereocenters. The molecular formula is C17H16F3N3O5S. The third kappa shape index (κ3) is 4.95. The van der Waals surface area contributed by atoms with Crippen molar-refractivity contribution >= 4 is 15.9 Å². The first-order chi connectivity index (χ1) is 13.6. The van der Waals surface area contributed by atoms with Gasteiger partial charge in [0.05, 0.1) is 10.5 Å². The first-order valence-corrected chi connectivity index (χ1v) is 9.84. The van der Waals surface area contributed by atoms with Crippen LogP contribution < -0.4 is 10.3 Å². The first kappa shape index (κ1) is 20.9. The van der Waals surface area contributed by atoms with Crippen LogP contribution in [0.4, 0.5) is 13.2 Å². The molecule has 3 rings (SSSR count). The van der Waals surface area contributed by atoms with Gasteiger partial charge in [-0.3, -0.25) is 9.59 Å². The molecule has 1 N–H and O–H groups in total. The van der Waals surface area contributed by atoms with Crippen LogP contribution in [0.1, 0.15) is 10.4 Å². The summed E-state index contributed by atoms with van der Waals surface area (Å²) in [5.74, 6) is -0.861. The molecule has 2 heterocycles. The number of rotatable bonds is 4. The maximum absolute atomic E-state index is 12.7. The normalized spacial score (nSPS) is 15.9. The van der Waals surface area contributed by atoms with Crippen LogP contribution in [-0.2, 0) is 10.0 Å². The second-order valence-corrected chi connectivity index (χ2v) is 8.10. The van der Waals surface area contributed by atoms with Crippen LogP contribution in [0.2, 0.25) is 0 Å². The lowest BCUT2D eigenvalue weighted by molar-refractivity contribution is -0.274. The number of carbonyl (C=O) groups is 1. The van der Waals surface area contributed by atoms with Crippen LogP contribution in [-0.4, -0.2) is 61.1 Å². The third-order valence-corrected chi connectivity index (χ3v) is 6.16. The van der Waals surface area contributed by atoms with E-state index < -0.39 is 22.1 Å². The summed E-state index contributed by atoms with van der Waals surface area (Å²) >= 11 is 0. The van der Waals surface area contributed by atoms with E-state index in [1.165, 1.54) is 23.2 Å². The monoisotopic (exact) mass is 431 g/mol. The van der Waals surface area contributed by atoms with Gasteiger partial charge >= 0.3 is 6.36 Å². The average molecular weight is 431 g/mol. The van der Waals surface area contributed by atoms with Gasteiger partial charge in [-0.05, 0) is 30.3 Å². The van der Waals surface area contributed by atoms with Crippen molar-refractivity contribution < 1.29 is 31.1 Å². The zero-order valence-corrected chi connectivity index (χ0v) is 15.7. The summed E-state index contributed by atoms with van der Waals surface area (Å²) in [5, 5.41) is 0. The Kier molecular flexibility index (Phi) is 5.66. The number of aromatic amines is 1. The molecule has 156 valence electrons. The largest absolute Gasteiger partial charge is 0.573 e. The maximum Gasteiger partial charge on any atom is 0.573 e. The van der Waals surface area contributed by atoms with E-state index >= 15 is 0 Å². The Morgan fingerprint density at radius 3 is 2.14 bits per heavy atom. The minimum Gasteiger partial charge on any atom is -0.406 e. The van der Waals surface area contributed by atoms with Gasteiger partial charge in [-0.1, -0.05) is 0 Å². The van der Waals surface area contributed by atoms with E-state index in [1.54, 1.807) is 0 Å². The van der Waals surface area contributed by atoms with Crippen molar-refractivity contribution in [3.63, 3.8) is 0 Å². The number of amides is 1. The average Bonchev–Trinajstić information content (AvgIpc) is 2.67. The molecule has 1 aliphatic heterocycles. The maximum atomic E-state index is 12.7. The second kappa shape index (κ2) is 7.87. The number of ether oxygens (including phenoxy) is 1. The minimum atomic E-state index is -4.87. The molecular weight excluding hydrogens is 415 g/mol. The Morgan fingerprint density at radius 2 is 1.62 bits per heavy atom. The van der Waals surface area contributed by atoms with E-state index in [9.17, 15) is 31.2 Å². The van der Waals surface area contributed by atoms with Gasteiger partial charge in [0.25, 0.3) is 5.91 Å². The van der Waals surface area contributed by atoms with Gasteiger partial charge < -0.3 is 14.6 Å². The topological polar surface area (TPSA) is 99.8 Å². The Morgan fingerprint density at radius 1 is 1.00 bits per heavy atom. The molecule has 1 saturated heterocycles. The summed E-state index contributed by atoms with van der Waals surface area (Å²) in [7, 11) is -3.93. The number of alkyl halides is 3. The van der Waals surface area contributed by atoms with Crippen molar-refractivity contribution in [3.05, 3.63) is 58.5 Å². The predicted molar refractivity (Wildman–Crippen MR) is 94.9 cm³/mol.